The van der Waals surface area contributed by atoms with Crippen LogP contribution in [0.4, 0.5) is 5.69 Å². The second-order valence-electron chi connectivity index (χ2n) is 4.80. The number of rotatable bonds is 8. The molecule has 0 spiro atoms. The Labute approximate surface area is 127 Å². The van der Waals surface area contributed by atoms with Crippen molar-refractivity contribution in [3.63, 3.8) is 0 Å². The summed E-state index contributed by atoms with van der Waals surface area (Å²) in [6, 6.07) is 8.73. The van der Waals surface area contributed by atoms with E-state index >= 15 is 0 Å². The van der Waals surface area contributed by atoms with Crippen LogP contribution in [0.5, 0.6) is 0 Å². The number of nitro benzene ring substituents is 1. The van der Waals surface area contributed by atoms with Crippen molar-refractivity contribution in [3.05, 3.63) is 62.3 Å². The Morgan fingerprint density at radius 2 is 1.90 bits per heavy atom. The Kier molecular flexibility index (Phi) is 5.86. The molecule has 21 heavy (non-hydrogen) atoms. The molecule has 0 saturated heterocycles. The molecule has 0 bridgehead atoms. The molecular weight excluding hydrogens is 288 g/mol. The predicted octanol–water partition coefficient (Wildman–Crippen LogP) is 2.69. The van der Waals surface area contributed by atoms with Crippen molar-refractivity contribution < 1.29 is 10.0 Å². The lowest BCUT2D eigenvalue weighted by Gasteiger charge is -2.20. The quantitative estimate of drug-likeness (QED) is 0.601. The van der Waals surface area contributed by atoms with Crippen LogP contribution < -0.4 is 0 Å². The highest BCUT2D eigenvalue weighted by atomic mass is 32.1. The monoisotopic (exact) mass is 306 g/mol. The van der Waals surface area contributed by atoms with Crippen molar-refractivity contribution in [2.75, 3.05) is 19.7 Å². The molecule has 0 unspecified atom stereocenters. The second kappa shape index (κ2) is 7.87. The summed E-state index contributed by atoms with van der Waals surface area (Å²) in [7, 11) is 0. The van der Waals surface area contributed by atoms with E-state index in [-0.39, 0.29) is 12.3 Å². The number of benzene rings is 1. The molecule has 1 aromatic carbocycles. The number of thiophene rings is 1. The zero-order valence-electron chi connectivity index (χ0n) is 11.6. The van der Waals surface area contributed by atoms with Gasteiger partial charge in [-0.25, -0.2) is 0 Å². The Bertz CT molecular complexity index is 555. The Morgan fingerprint density at radius 3 is 2.48 bits per heavy atom. The number of hydrogen-bond acceptors (Lipinski definition) is 5. The van der Waals surface area contributed by atoms with E-state index in [0.29, 0.717) is 6.54 Å². The van der Waals surface area contributed by atoms with E-state index in [9.17, 15) is 10.1 Å². The van der Waals surface area contributed by atoms with Gasteiger partial charge in [-0.15, -0.1) is 0 Å². The maximum atomic E-state index is 10.6. The van der Waals surface area contributed by atoms with E-state index in [1.165, 1.54) is 17.7 Å². The maximum absolute atomic E-state index is 10.6. The Morgan fingerprint density at radius 1 is 1.14 bits per heavy atom. The molecule has 0 aliphatic heterocycles. The third kappa shape index (κ3) is 4.93. The zero-order chi connectivity index (χ0) is 15.1. The summed E-state index contributed by atoms with van der Waals surface area (Å²) in [5.74, 6) is 0. The van der Waals surface area contributed by atoms with Crippen LogP contribution in [0.25, 0.3) is 0 Å². The molecular formula is C15H18N2O3S. The van der Waals surface area contributed by atoms with Gasteiger partial charge in [-0.1, -0.05) is 12.1 Å². The third-order valence-electron chi connectivity index (χ3n) is 3.27. The van der Waals surface area contributed by atoms with Crippen LogP contribution in [0.1, 0.15) is 11.1 Å². The first-order chi connectivity index (χ1) is 10.2. The minimum atomic E-state index is -0.390. The normalized spacial score (nSPS) is 11.0. The lowest BCUT2D eigenvalue weighted by atomic mass is 10.1. The van der Waals surface area contributed by atoms with Crippen molar-refractivity contribution >= 4 is 17.0 Å². The van der Waals surface area contributed by atoms with Crippen LogP contribution in [-0.4, -0.2) is 34.6 Å². The van der Waals surface area contributed by atoms with E-state index in [2.05, 4.69) is 16.3 Å². The second-order valence-corrected chi connectivity index (χ2v) is 5.58. The minimum absolute atomic E-state index is 0.115. The molecule has 112 valence electrons. The maximum Gasteiger partial charge on any atom is 0.269 e. The highest BCUT2D eigenvalue weighted by Gasteiger charge is 2.08. The van der Waals surface area contributed by atoms with E-state index in [1.54, 1.807) is 23.5 Å². The molecule has 6 heteroatoms. The number of aliphatic hydroxyl groups is 1. The highest BCUT2D eigenvalue weighted by Crippen LogP contribution is 2.14. The van der Waals surface area contributed by atoms with Gasteiger partial charge in [0.05, 0.1) is 11.5 Å². The van der Waals surface area contributed by atoms with E-state index in [1.807, 2.05) is 5.38 Å². The molecule has 0 aliphatic carbocycles. The van der Waals surface area contributed by atoms with Crippen LogP contribution in [0.3, 0.4) is 0 Å². The lowest BCUT2D eigenvalue weighted by molar-refractivity contribution is -0.384. The summed E-state index contributed by atoms with van der Waals surface area (Å²) in [4.78, 5) is 12.4. The summed E-state index contributed by atoms with van der Waals surface area (Å²) >= 11 is 1.67. The first kappa shape index (κ1) is 15.6. The van der Waals surface area contributed by atoms with Gasteiger partial charge in [0.2, 0.25) is 0 Å². The van der Waals surface area contributed by atoms with Crippen molar-refractivity contribution in [1.29, 1.82) is 0 Å². The van der Waals surface area contributed by atoms with Crippen LogP contribution >= 0.6 is 11.3 Å². The molecule has 0 atom stereocenters. The predicted molar refractivity (Wildman–Crippen MR) is 83.5 cm³/mol. The Hall–Kier alpha value is -1.76. The van der Waals surface area contributed by atoms with Crippen LogP contribution in [0, 0.1) is 10.1 Å². The summed E-state index contributed by atoms with van der Waals surface area (Å²) in [6.45, 7) is 2.39. The number of nitrogens with zero attached hydrogens (tertiary/aromatic N) is 2. The first-order valence-corrected chi connectivity index (χ1v) is 7.71. The van der Waals surface area contributed by atoms with Gasteiger partial charge in [-0.2, -0.15) is 11.3 Å². The van der Waals surface area contributed by atoms with Crippen molar-refractivity contribution in [3.8, 4) is 0 Å². The highest BCUT2D eigenvalue weighted by molar-refractivity contribution is 7.07. The molecule has 2 rings (SSSR count). The van der Waals surface area contributed by atoms with Gasteiger partial charge in [0.15, 0.2) is 0 Å². The van der Waals surface area contributed by atoms with Gasteiger partial charge >= 0.3 is 0 Å². The molecule has 0 aliphatic rings. The molecule has 0 radical (unpaired) electrons. The van der Waals surface area contributed by atoms with Gasteiger partial charge < -0.3 is 5.11 Å². The summed E-state index contributed by atoms with van der Waals surface area (Å²) in [6.07, 6.45) is 0.808. The number of hydrogen-bond donors (Lipinski definition) is 1. The molecule has 0 fully saturated rings. The van der Waals surface area contributed by atoms with Gasteiger partial charge in [0.1, 0.15) is 0 Å². The smallest absolute Gasteiger partial charge is 0.269 e. The van der Waals surface area contributed by atoms with Gasteiger partial charge in [-0.3, -0.25) is 15.0 Å². The van der Waals surface area contributed by atoms with Crippen LogP contribution in [0.15, 0.2) is 41.1 Å². The standard InChI is InChI=1S/C15H18N2O3S/c18-9-8-16(11-14-6-10-21-12-14)7-5-13-1-3-15(4-2-13)17(19)20/h1-4,6,10,12,18H,5,7-9,11H2. The number of nitro groups is 1. The third-order valence-corrected chi connectivity index (χ3v) is 4.00. The average molecular weight is 306 g/mol. The molecule has 1 heterocycles. The first-order valence-electron chi connectivity index (χ1n) is 6.76. The summed E-state index contributed by atoms with van der Waals surface area (Å²) in [5, 5.41) is 23.9. The lowest BCUT2D eigenvalue weighted by Crippen LogP contribution is -2.28. The van der Waals surface area contributed by atoms with E-state index < -0.39 is 4.92 Å². The van der Waals surface area contributed by atoms with Crippen LogP contribution in [0.2, 0.25) is 0 Å². The van der Waals surface area contributed by atoms with Gasteiger partial charge in [-0.05, 0) is 34.4 Å². The molecule has 0 amide bonds. The summed E-state index contributed by atoms with van der Waals surface area (Å²) in [5.41, 5.74) is 2.43. The fourth-order valence-corrected chi connectivity index (χ4v) is 2.78. The van der Waals surface area contributed by atoms with E-state index in [0.717, 1.165) is 25.1 Å². The molecule has 5 nitrogen and oxygen atoms in total. The molecule has 1 N–H and O–H groups in total. The molecule has 1 aromatic heterocycles. The Balaban J connectivity index is 1.90. The van der Waals surface area contributed by atoms with Crippen LogP contribution in [-0.2, 0) is 13.0 Å². The largest absolute Gasteiger partial charge is 0.395 e. The van der Waals surface area contributed by atoms with Crippen molar-refractivity contribution in [2.24, 2.45) is 0 Å². The van der Waals surface area contributed by atoms with E-state index in [4.69, 9.17) is 5.11 Å². The minimum Gasteiger partial charge on any atom is -0.395 e. The van der Waals surface area contributed by atoms with Gasteiger partial charge in [0.25, 0.3) is 5.69 Å². The topological polar surface area (TPSA) is 66.6 Å². The zero-order valence-corrected chi connectivity index (χ0v) is 12.5. The fourth-order valence-electron chi connectivity index (χ4n) is 2.12. The van der Waals surface area contributed by atoms with Gasteiger partial charge in [0, 0.05) is 31.8 Å². The van der Waals surface area contributed by atoms with Crippen molar-refractivity contribution in [2.45, 2.75) is 13.0 Å². The molecule has 0 saturated carbocycles. The van der Waals surface area contributed by atoms with Crippen molar-refractivity contribution in [1.82, 2.24) is 4.90 Å². The SMILES string of the molecule is O=[N+]([O-])c1ccc(CCN(CCO)Cc2ccsc2)cc1. The fraction of sp³-hybridized carbons (Fsp3) is 0.333. The average Bonchev–Trinajstić information content (AvgIpc) is 2.98. The summed E-state index contributed by atoms with van der Waals surface area (Å²) < 4.78 is 0. The number of non-ortho nitro benzene ring substituents is 1. The molecule has 2 aromatic rings. The number of aliphatic hydroxyl groups excluding tert-OH is 1.